The van der Waals surface area contributed by atoms with Crippen LogP contribution in [-0.2, 0) is 4.74 Å². The predicted octanol–water partition coefficient (Wildman–Crippen LogP) is 4.24. The van der Waals surface area contributed by atoms with Crippen LogP contribution in [0.5, 0.6) is 0 Å². The molecule has 2 rings (SSSR count). The van der Waals surface area contributed by atoms with E-state index < -0.39 is 0 Å². The molecule has 1 N–H and O–H groups in total. The van der Waals surface area contributed by atoms with Gasteiger partial charge in [-0.05, 0) is 56.4 Å². The molecule has 0 heterocycles. The highest BCUT2D eigenvalue weighted by atomic mass is 16.5. The second kappa shape index (κ2) is 7.32. The van der Waals surface area contributed by atoms with E-state index in [1.807, 2.05) is 31.2 Å². The van der Waals surface area contributed by atoms with Crippen LogP contribution in [0, 0.1) is 5.92 Å². The van der Waals surface area contributed by atoms with Crippen LogP contribution in [0.4, 0.5) is 5.69 Å². The van der Waals surface area contributed by atoms with Crippen LogP contribution >= 0.6 is 0 Å². The quantitative estimate of drug-likeness (QED) is 0.789. The monoisotopic (exact) mass is 275 g/mol. The van der Waals surface area contributed by atoms with Crippen molar-refractivity contribution in [3.63, 3.8) is 0 Å². The maximum Gasteiger partial charge on any atom is 0.338 e. The van der Waals surface area contributed by atoms with Gasteiger partial charge in [-0.15, -0.1) is 0 Å². The second-order valence-corrected chi connectivity index (χ2v) is 5.69. The molecule has 0 bridgehead atoms. The first-order chi connectivity index (χ1) is 9.70. The largest absolute Gasteiger partial charge is 0.462 e. The van der Waals surface area contributed by atoms with E-state index >= 15 is 0 Å². The van der Waals surface area contributed by atoms with Gasteiger partial charge in [-0.1, -0.05) is 19.8 Å². The highest BCUT2D eigenvalue weighted by Gasteiger charge is 2.21. The number of hydrogen-bond acceptors (Lipinski definition) is 3. The lowest BCUT2D eigenvalue weighted by Crippen LogP contribution is -2.23. The van der Waals surface area contributed by atoms with Crippen LogP contribution < -0.4 is 5.32 Å². The van der Waals surface area contributed by atoms with Gasteiger partial charge in [0.2, 0.25) is 0 Å². The van der Waals surface area contributed by atoms with Gasteiger partial charge in [-0.2, -0.15) is 0 Å². The summed E-state index contributed by atoms with van der Waals surface area (Å²) in [7, 11) is 0. The molecule has 3 heteroatoms. The fourth-order valence-corrected chi connectivity index (χ4v) is 2.82. The van der Waals surface area contributed by atoms with Crippen molar-refractivity contribution in [1.29, 1.82) is 0 Å². The number of carbonyl (C=O) groups is 1. The lowest BCUT2D eigenvalue weighted by molar-refractivity contribution is 0.0505. The van der Waals surface area contributed by atoms with Crippen molar-refractivity contribution < 1.29 is 9.53 Å². The highest BCUT2D eigenvalue weighted by Crippen LogP contribution is 2.29. The SMILES string of the molecule is CCCOC(=O)c1ccc(NC(C)C2CCCC2)cc1. The summed E-state index contributed by atoms with van der Waals surface area (Å²) in [5.74, 6) is 0.548. The molecule has 0 radical (unpaired) electrons. The van der Waals surface area contributed by atoms with Crippen molar-refractivity contribution in [2.24, 2.45) is 5.92 Å². The van der Waals surface area contributed by atoms with Gasteiger partial charge in [-0.3, -0.25) is 0 Å². The highest BCUT2D eigenvalue weighted by molar-refractivity contribution is 5.89. The van der Waals surface area contributed by atoms with Crippen LogP contribution in [0.3, 0.4) is 0 Å². The molecule has 1 aliphatic rings. The first-order valence-corrected chi connectivity index (χ1v) is 7.74. The fraction of sp³-hybridized carbons (Fsp3) is 0.588. The number of carbonyl (C=O) groups excluding carboxylic acids is 1. The van der Waals surface area contributed by atoms with E-state index in [1.165, 1.54) is 25.7 Å². The number of rotatable bonds is 6. The number of anilines is 1. The van der Waals surface area contributed by atoms with E-state index in [4.69, 9.17) is 4.74 Å². The summed E-state index contributed by atoms with van der Waals surface area (Å²) in [5.41, 5.74) is 1.70. The van der Waals surface area contributed by atoms with E-state index in [2.05, 4.69) is 12.2 Å². The predicted molar refractivity (Wildman–Crippen MR) is 82.1 cm³/mol. The van der Waals surface area contributed by atoms with E-state index in [1.54, 1.807) is 0 Å². The zero-order valence-corrected chi connectivity index (χ0v) is 12.5. The Bertz CT molecular complexity index is 421. The fourth-order valence-electron chi connectivity index (χ4n) is 2.82. The molecule has 20 heavy (non-hydrogen) atoms. The summed E-state index contributed by atoms with van der Waals surface area (Å²) in [4.78, 5) is 11.7. The summed E-state index contributed by atoms with van der Waals surface area (Å²) in [6.07, 6.45) is 6.23. The van der Waals surface area contributed by atoms with Gasteiger partial charge in [0.25, 0.3) is 0 Å². The smallest absolute Gasteiger partial charge is 0.338 e. The molecule has 1 aromatic rings. The molecule has 0 amide bonds. The number of hydrogen-bond donors (Lipinski definition) is 1. The molecule has 110 valence electrons. The van der Waals surface area contributed by atoms with Gasteiger partial charge in [-0.25, -0.2) is 4.79 Å². The number of nitrogens with one attached hydrogen (secondary N) is 1. The number of esters is 1. The van der Waals surface area contributed by atoms with Gasteiger partial charge < -0.3 is 10.1 Å². The molecule has 1 aliphatic carbocycles. The zero-order chi connectivity index (χ0) is 14.4. The van der Waals surface area contributed by atoms with Gasteiger partial charge >= 0.3 is 5.97 Å². The Morgan fingerprint density at radius 1 is 1.30 bits per heavy atom. The zero-order valence-electron chi connectivity index (χ0n) is 12.5. The minimum Gasteiger partial charge on any atom is -0.462 e. The summed E-state index contributed by atoms with van der Waals surface area (Å²) in [5, 5.41) is 3.54. The number of benzene rings is 1. The maximum atomic E-state index is 11.7. The van der Waals surface area contributed by atoms with Crippen LogP contribution in [0.15, 0.2) is 24.3 Å². The van der Waals surface area contributed by atoms with E-state index in [0.29, 0.717) is 18.2 Å². The molecule has 0 saturated heterocycles. The molecular formula is C17H25NO2. The second-order valence-electron chi connectivity index (χ2n) is 5.69. The Morgan fingerprint density at radius 2 is 1.95 bits per heavy atom. The standard InChI is InChI=1S/C17H25NO2/c1-3-12-20-17(19)15-8-10-16(11-9-15)18-13(2)14-6-4-5-7-14/h8-11,13-14,18H,3-7,12H2,1-2H3. The Hall–Kier alpha value is -1.51. The summed E-state index contributed by atoms with van der Waals surface area (Å²) < 4.78 is 5.12. The Balaban J connectivity index is 1.89. The Labute approximate surface area is 121 Å². The van der Waals surface area contributed by atoms with Gasteiger partial charge in [0.1, 0.15) is 0 Å². The molecule has 1 atom stereocenters. The van der Waals surface area contributed by atoms with Crippen LogP contribution in [0.2, 0.25) is 0 Å². The van der Waals surface area contributed by atoms with E-state index in [-0.39, 0.29) is 5.97 Å². The molecule has 1 unspecified atom stereocenters. The van der Waals surface area contributed by atoms with Crippen molar-refractivity contribution in [3.05, 3.63) is 29.8 Å². The average molecular weight is 275 g/mol. The van der Waals surface area contributed by atoms with Crippen molar-refractivity contribution in [2.75, 3.05) is 11.9 Å². The van der Waals surface area contributed by atoms with Gasteiger partial charge in [0.15, 0.2) is 0 Å². The topological polar surface area (TPSA) is 38.3 Å². The maximum absolute atomic E-state index is 11.7. The van der Waals surface area contributed by atoms with Crippen LogP contribution in [-0.4, -0.2) is 18.6 Å². The molecule has 0 aliphatic heterocycles. The van der Waals surface area contributed by atoms with Crippen molar-refractivity contribution in [3.8, 4) is 0 Å². The molecule has 3 nitrogen and oxygen atoms in total. The third-order valence-corrected chi connectivity index (χ3v) is 4.06. The van der Waals surface area contributed by atoms with E-state index in [0.717, 1.165) is 18.0 Å². The average Bonchev–Trinajstić information content (AvgIpc) is 3.00. The first kappa shape index (κ1) is 14.9. The van der Waals surface area contributed by atoms with Crippen molar-refractivity contribution >= 4 is 11.7 Å². The van der Waals surface area contributed by atoms with Crippen LogP contribution in [0.25, 0.3) is 0 Å². The van der Waals surface area contributed by atoms with E-state index in [9.17, 15) is 4.79 Å². The molecule has 0 spiro atoms. The summed E-state index contributed by atoms with van der Waals surface area (Å²) in [6.45, 7) is 4.72. The normalized spacial score (nSPS) is 16.9. The van der Waals surface area contributed by atoms with Gasteiger partial charge in [0.05, 0.1) is 12.2 Å². The number of ether oxygens (including phenoxy) is 1. The Kier molecular flexibility index (Phi) is 5.45. The van der Waals surface area contributed by atoms with Crippen LogP contribution in [0.1, 0.15) is 56.3 Å². The van der Waals surface area contributed by atoms with Gasteiger partial charge in [0, 0.05) is 11.7 Å². The molecular weight excluding hydrogens is 250 g/mol. The van der Waals surface area contributed by atoms with Crippen molar-refractivity contribution in [2.45, 2.75) is 52.0 Å². The summed E-state index contributed by atoms with van der Waals surface area (Å²) >= 11 is 0. The summed E-state index contributed by atoms with van der Waals surface area (Å²) in [6, 6.07) is 8.10. The van der Waals surface area contributed by atoms with Crippen molar-refractivity contribution in [1.82, 2.24) is 0 Å². The molecule has 1 aromatic carbocycles. The first-order valence-electron chi connectivity index (χ1n) is 7.74. The molecule has 1 saturated carbocycles. The lowest BCUT2D eigenvalue weighted by atomic mass is 9.99. The minimum absolute atomic E-state index is 0.234. The third-order valence-electron chi connectivity index (χ3n) is 4.06. The lowest BCUT2D eigenvalue weighted by Gasteiger charge is -2.21. The Morgan fingerprint density at radius 3 is 2.55 bits per heavy atom. The minimum atomic E-state index is -0.234. The molecule has 1 fully saturated rings. The molecule has 0 aromatic heterocycles. The third kappa shape index (κ3) is 3.99.